The molecule has 1 heterocycles. The number of nitrogens with two attached hydrogens (primary N) is 1. The zero-order chi connectivity index (χ0) is 26.6. The summed E-state index contributed by atoms with van der Waals surface area (Å²) in [7, 11) is 0. The normalized spacial score (nSPS) is 10.7. The minimum atomic E-state index is -1.73. The van der Waals surface area contributed by atoms with Crippen LogP contribution in [0.1, 0.15) is 42.9 Å². The summed E-state index contributed by atoms with van der Waals surface area (Å²) in [5, 5.41) is 21.4. The molecule has 2 aromatic carbocycles. The number of nitrogens with zero attached hydrogens (tertiary/aromatic N) is 3. The summed E-state index contributed by atoms with van der Waals surface area (Å²) in [6.45, 7) is 4.05. The monoisotopic (exact) mass is 513 g/mol. The van der Waals surface area contributed by atoms with E-state index in [0.29, 0.717) is 11.1 Å². The van der Waals surface area contributed by atoms with Crippen LogP contribution in [0.3, 0.4) is 0 Å². The SMILES string of the molecule is CC(C)c1ccc(-c2c(C#N)c(N)nc(SCCC(=O)Nc3c(F)c(F)cc(F)c3F)c2C#N)cc1. The van der Waals surface area contributed by atoms with E-state index in [1.54, 1.807) is 12.1 Å². The van der Waals surface area contributed by atoms with E-state index in [1.165, 1.54) is 0 Å². The third-order valence-electron chi connectivity index (χ3n) is 5.23. The lowest BCUT2D eigenvalue weighted by Gasteiger charge is -2.14. The molecular weight excluding hydrogens is 494 g/mol. The third kappa shape index (κ3) is 5.42. The van der Waals surface area contributed by atoms with Crippen LogP contribution in [0.4, 0.5) is 29.1 Å². The van der Waals surface area contributed by atoms with Gasteiger partial charge in [0.05, 0.1) is 5.56 Å². The molecule has 3 aromatic rings. The fourth-order valence-electron chi connectivity index (χ4n) is 3.35. The van der Waals surface area contributed by atoms with Crippen LogP contribution in [-0.4, -0.2) is 16.6 Å². The van der Waals surface area contributed by atoms with E-state index in [0.717, 1.165) is 17.3 Å². The van der Waals surface area contributed by atoms with E-state index < -0.39 is 34.9 Å². The standard InChI is InChI=1S/C25H19F4N5OS/c1-12(2)13-3-5-14(6-4-13)20-15(10-30)24(32)34-25(16(20)11-31)36-8-7-19(35)33-23-21(28)17(26)9-18(27)22(23)29/h3-6,9,12H,7-8H2,1-2H3,(H2,32,34)(H,33,35). The van der Waals surface area contributed by atoms with E-state index in [-0.39, 0.29) is 46.1 Å². The number of anilines is 2. The maximum absolute atomic E-state index is 13.8. The number of benzene rings is 2. The van der Waals surface area contributed by atoms with Crippen LogP contribution in [0.5, 0.6) is 0 Å². The second-order valence-corrected chi connectivity index (χ2v) is 9.00. The molecule has 0 unspecified atom stereocenters. The highest BCUT2D eigenvalue weighted by atomic mass is 32.2. The predicted octanol–water partition coefficient (Wildman–Crippen LogP) is 5.87. The van der Waals surface area contributed by atoms with Crippen LogP contribution in [0.25, 0.3) is 11.1 Å². The largest absolute Gasteiger partial charge is 0.383 e. The van der Waals surface area contributed by atoms with E-state index in [2.05, 4.69) is 4.98 Å². The first kappa shape index (κ1) is 26.5. The second kappa shape index (κ2) is 11.1. The van der Waals surface area contributed by atoms with Gasteiger partial charge in [-0.25, -0.2) is 22.5 Å². The van der Waals surface area contributed by atoms with Gasteiger partial charge in [-0.05, 0) is 17.0 Å². The van der Waals surface area contributed by atoms with Crippen molar-refractivity contribution in [3.63, 3.8) is 0 Å². The van der Waals surface area contributed by atoms with Gasteiger partial charge < -0.3 is 11.1 Å². The summed E-state index contributed by atoms with van der Waals surface area (Å²) in [6.07, 6.45) is -0.341. The van der Waals surface area contributed by atoms with Gasteiger partial charge in [0.2, 0.25) is 5.91 Å². The second-order valence-electron chi connectivity index (χ2n) is 7.92. The van der Waals surface area contributed by atoms with Crippen molar-refractivity contribution in [2.24, 2.45) is 0 Å². The quantitative estimate of drug-likeness (QED) is 0.232. The molecule has 0 saturated carbocycles. The highest BCUT2D eigenvalue weighted by molar-refractivity contribution is 7.99. The molecule has 6 nitrogen and oxygen atoms in total. The van der Waals surface area contributed by atoms with Crippen LogP contribution in [-0.2, 0) is 4.79 Å². The lowest BCUT2D eigenvalue weighted by atomic mass is 9.94. The zero-order valence-corrected chi connectivity index (χ0v) is 19.9. The van der Waals surface area contributed by atoms with Crippen molar-refractivity contribution >= 4 is 29.2 Å². The smallest absolute Gasteiger partial charge is 0.225 e. The number of thioether (sulfide) groups is 1. The van der Waals surface area contributed by atoms with Gasteiger partial charge in [-0.2, -0.15) is 10.5 Å². The number of amides is 1. The van der Waals surface area contributed by atoms with Gasteiger partial charge in [0.15, 0.2) is 23.3 Å². The molecule has 3 rings (SSSR count). The first-order chi connectivity index (χ1) is 17.1. The van der Waals surface area contributed by atoms with Crippen molar-refractivity contribution < 1.29 is 22.4 Å². The summed E-state index contributed by atoms with van der Waals surface area (Å²) in [5.74, 6) is -7.53. The van der Waals surface area contributed by atoms with Crippen molar-refractivity contribution in [3.05, 3.63) is 70.3 Å². The topological polar surface area (TPSA) is 116 Å². The number of carbonyl (C=O) groups excluding carboxylic acids is 1. The number of aromatic nitrogens is 1. The molecule has 1 amide bonds. The Morgan fingerprint density at radius 3 is 2.17 bits per heavy atom. The molecular formula is C25H19F4N5OS. The number of pyridine rings is 1. The summed E-state index contributed by atoms with van der Waals surface area (Å²) in [5.41, 5.74) is 6.80. The average Bonchev–Trinajstić information content (AvgIpc) is 2.85. The molecule has 11 heteroatoms. The average molecular weight is 514 g/mol. The maximum atomic E-state index is 13.8. The van der Waals surface area contributed by atoms with Crippen molar-refractivity contribution in [2.45, 2.75) is 31.2 Å². The number of halogens is 4. The minimum Gasteiger partial charge on any atom is -0.383 e. The van der Waals surface area contributed by atoms with Crippen molar-refractivity contribution in [2.75, 3.05) is 16.8 Å². The molecule has 0 fully saturated rings. The Bertz CT molecular complexity index is 1390. The third-order valence-corrected chi connectivity index (χ3v) is 6.20. The summed E-state index contributed by atoms with van der Waals surface area (Å²) in [4.78, 5) is 16.3. The Kier molecular flexibility index (Phi) is 8.18. The van der Waals surface area contributed by atoms with Crippen LogP contribution in [0, 0.1) is 45.9 Å². The van der Waals surface area contributed by atoms with Gasteiger partial charge in [-0.15, -0.1) is 11.8 Å². The lowest BCUT2D eigenvalue weighted by Crippen LogP contribution is -2.16. The Hall–Kier alpha value is -4.09. The first-order valence-corrected chi connectivity index (χ1v) is 11.6. The molecule has 3 N–H and O–H groups in total. The first-order valence-electron chi connectivity index (χ1n) is 10.6. The number of carbonyl (C=O) groups is 1. The van der Waals surface area contributed by atoms with Crippen LogP contribution < -0.4 is 11.1 Å². The molecule has 1 aromatic heterocycles. The fourth-order valence-corrected chi connectivity index (χ4v) is 4.29. The molecule has 0 bridgehead atoms. The number of nitrogens with one attached hydrogen (secondary N) is 1. The molecule has 0 atom stereocenters. The van der Waals surface area contributed by atoms with Crippen molar-refractivity contribution in [1.82, 2.24) is 4.98 Å². The lowest BCUT2D eigenvalue weighted by molar-refractivity contribution is -0.115. The minimum absolute atomic E-state index is 0.0222. The van der Waals surface area contributed by atoms with Gasteiger partial charge in [-0.3, -0.25) is 4.79 Å². The highest BCUT2D eigenvalue weighted by Gasteiger charge is 2.23. The molecule has 0 aliphatic rings. The van der Waals surface area contributed by atoms with Gasteiger partial charge in [0.25, 0.3) is 0 Å². The fraction of sp³-hybridized carbons (Fsp3) is 0.200. The Balaban J connectivity index is 1.85. The predicted molar refractivity (Wildman–Crippen MR) is 128 cm³/mol. The van der Waals surface area contributed by atoms with Crippen molar-refractivity contribution in [1.29, 1.82) is 10.5 Å². The number of nitriles is 2. The van der Waals surface area contributed by atoms with Gasteiger partial charge in [0.1, 0.15) is 34.2 Å². The molecule has 0 saturated heterocycles. The molecule has 0 spiro atoms. The summed E-state index contributed by atoms with van der Waals surface area (Å²) in [6, 6.07) is 11.4. The Morgan fingerprint density at radius 1 is 1.06 bits per heavy atom. The van der Waals surface area contributed by atoms with E-state index in [1.807, 2.05) is 43.4 Å². The highest BCUT2D eigenvalue weighted by Crippen LogP contribution is 2.36. The van der Waals surface area contributed by atoms with Crippen molar-refractivity contribution in [3.8, 4) is 23.3 Å². The van der Waals surface area contributed by atoms with E-state index in [4.69, 9.17) is 5.73 Å². The summed E-state index contributed by atoms with van der Waals surface area (Å²) < 4.78 is 54.3. The zero-order valence-electron chi connectivity index (χ0n) is 19.1. The number of hydrogen-bond donors (Lipinski definition) is 2. The van der Waals surface area contributed by atoms with Gasteiger partial charge >= 0.3 is 0 Å². The Labute approximate surface area is 208 Å². The molecule has 36 heavy (non-hydrogen) atoms. The number of rotatable bonds is 7. The van der Waals surface area contributed by atoms with Crippen LogP contribution in [0.15, 0.2) is 35.4 Å². The molecule has 0 radical (unpaired) electrons. The molecule has 0 aliphatic carbocycles. The summed E-state index contributed by atoms with van der Waals surface area (Å²) >= 11 is 0.956. The molecule has 0 aliphatic heterocycles. The van der Waals surface area contributed by atoms with E-state index >= 15 is 0 Å². The maximum Gasteiger partial charge on any atom is 0.225 e. The van der Waals surface area contributed by atoms with Gasteiger partial charge in [0, 0.05) is 23.8 Å². The molecule has 184 valence electrons. The van der Waals surface area contributed by atoms with E-state index in [9.17, 15) is 32.9 Å². The Morgan fingerprint density at radius 2 is 1.64 bits per heavy atom. The van der Waals surface area contributed by atoms with Crippen LogP contribution in [0.2, 0.25) is 0 Å². The number of nitrogen functional groups attached to an aromatic ring is 1. The van der Waals surface area contributed by atoms with Crippen LogP contribution >= 0.6 is 11.8 Å². The van der Waals surface area contributed by atoms with Gasteiger partial charge in [-0.1, -0.05) is 38.1 Å². The number of hydrogen-bond acceptors (Lipinski definition) is 6.